The Morgan fingerprint density at radius 3 is 2.52 bits per heavy atom. The van der Waals surface area contributed by atoms with Crippen molar-refractivity contribution in [2.45, 2.75) is 13.0 Å². The number of nitrogens with one attached hydrogen (secondary N) is 1. The van der Waals surface area contributed by atoms with Crippen LogP contribution < -0.4 is 14.9 Å². The maximum atomic E-state index is 12.8. The zero-order valence-electron chi connectivity index (χ0n) is 16.5. The summed E-state index contributed by atoms with van der Waals surface area (Å²) in [5, 5.41) is 10.1. The van der Waals surface area contributed by atoms with E-state index in [0.717, 1.165) is 16.8 Å². The second-order valence-corrected chi connectivity index (χ2v) is 8.00. The molecule has 2 N–H and O–H groups in total. The fourth-order valence-corrected chi connectivity index (χ4v) is 3.73. The van der Waals surface area contributed by atoms with Crippen molar-refractivity contribution in [1.29, 1.82) is 0 Å². The van der Waals surface area contributed by atoms with Gasteiger partial charge in [-0.25, -0.2) is 4.79 Å². The number of carboxylic acids is 1. The normalized spacial score (nSPS) is 15.7. The van der Waals surface area contributed by atoms with Crippen LogP contribution >= 0.6 is 24.0 Å². The molecule has 2 aromatic rings. The molecule has 1 atom stereocenters. The molecule has 1 fully saturated rings. The highest BCUT2D eigenvalue weighted by Gasteiger charge is 2.34. The number of thioether (sulfide) groups is 1. The van der Waals surface area contributed by atoms with Crippen molar-refractivity contribution in [3.63, 3.8) is 0 Å². The molecule has 0 spiro atoms. The van der Waals surface area contributed by atoms with Gasteiger partial charge in [0.05, 0.1) is 12.0 Å². The molecule has 10 heteroatoms. The van der Waals surface area contributed by atoms with Gasteiger partial charge in [-0.05, 0) is 55.5 Å². The van der Waals surface area contributed by atoms with Gasteiger partial charge in [-0.2, -0.15) is 5.01 Å². The van der Waals surface area contributed by atoms with Crippen molar-refractivity contribution in [3.8, 4) is 11.5 Å². The van der Waals surface area contributed by atoms with Crippen molar-refractivity contribution in [2.75, 3.05) is 7.11 Å². The fourth-order valence-electron chi connectivity index (χ4n) is 2.56. The fraction of sp³-hybridized carbons (Fsp3) is 0.143. The minimum absolute atomic E-state index is 0.162. The Kier molecular flexibility index (Phi) is 6.93. The van der Waals surface area contributed by atoms with Crippen LogP contribution in [0.5, 0.6) is 11.5 Å². The predicted molar refractivity (Wildman–Crippen MR) is 120 cm³/mol. The van der Waals surface area contributed by atoms with Crippen LogP contribution in [0.1, 0.15) is 22.8 Å². The molecular weight excluding hydrogens is 440 g/mol. The Morgan fingerprint density at radius 1 is 1.19 bits per heavy atom. The molecule has 1 aliphatic rings. The van der Waals surface area contributed by atoms with E-state index in [9.17, 15) is 14.4 Å². The Morgan fingerprint density at radius 2 is 1.87 bits per heavy atom. The highest BCUT2D eigenvalue weighted by atomic mass is 32.2. The van der Waals surface area contributed by atoms with Gasteiger partial charge in [0.25, 0.3) is 11.8 Å². The second kappa shape index (κ2) is 9.63. The molecule has 1 heterocycles. The lowest BCUT2D eigenvalue weighted by Gasteiger charge is -2.15. The molecule has 3 rings (SSSR count). The van der Waals surface area contributed by atoms with Gasteiger partial charge in [-0.1, -0.05) is 30.0 Å². The first kappa shape index (κ1) is 22.3. The number of carbonyl (C=O) groups is 3. The lowest BCUT2D eigenvalue weighted by Crippen LogP contribution is -2.44. The Balaban J connectivity index is 1.78. The van der Waals surface area contributed by atoms with E-state index in [1.54, 1.807) is 54.6 Å². The minimum Gasteiger partial charge on any atom is -0.497 e. The Labute approximate surface area is 187 Å². The topological polar surface area (TPSA) is 105 Å². The number of para-hydroxylation sites is 1. The van der Waals surface area contributed by atoms with Gasteiger partial charge in [0, 0.05) is 11.1 Å². The smallest absolute Gasteiger partial charge is 0.344 e. The molecule has 8 nitrogen and oxygen atoms in total. The zero-order chi connectivity index (χ0) is 22.5. The molecule has 0 saturated carbocycles. The summed E-state index contributed by atoms with van der Waals surface area (Å²) < 4.78 is 10.7. The van der Waals surface area contributed by atoms with E-state index in [1.807, 2.05) is 0 Å². The van der Waals surface area contributed by atoms with Gasteiger partial charge in [0.1, 0.15) is 11.5 Å². The summed E-state index contributed by atoms with van der Waals surface area (Å²) in [6.07, 6.45) is 0.482. The van der Waals surface area contributed by atoms with E-state index < -0.39 is 23.9 Å². The molecule has 0 aliphatic carbocycles. The third-order valence-corrected chi connectivity index (χ3v) is 5.52. The standard InChI is InChI=1S/C21H18N2O6S2/c1-12(20(26)27)29-16-6-4-3-5-14(16)11-17-19(25)23(21(30)31-17)22-18(24)13-7-9-15(28-2)10-8-13/h3-12H,1-2H3,(H,22,24)(H,26,27)/b17-11+. The Hall–Kier alpha value is -3.37. The van der Waals surface area contributed by atoms with Gasteiger partial charge in [0.15, 0.2) is 10.4 Å². The summed E-state index contributed by atoms with van der Waals surface area (Å²) in [4.78, 5) is 36.6. The van der Waals surface area contributed by atoms with Crippen LogP contribution in [0.3, 0.4) is 0 Å². The third kappa shape index (κ3) is 5.22. The molecule has 0 aromatic heterocycles. The van der Waals surface area contributed by atoms with Gasteiger partial charge in [-0.3, -0.25) is 15.0 Å². The highest BCUT2D eigenvalue weighted by Crippen LogP contribution is 2.33. The van der Waals surface area contributed by atoms with Gasteiger partial charge < -0.3 is 14.6 Å². The number of amides is 2. The highest BCUT2D eigenvalue weighted by molar-refractivity contribution is 8.26. The minimum atomic E-state index is -1.11. The number of hydrogen-bond acceptors (Lipinski definition) is 7. The Bertz CT molecular complexity index is 1070. The quantitative estimate of drug-likeness (QED) is 0.482. The van der Waals surface area contributed by atoms with E-state index >= 15 is 0 Å². The monoisotopic (exact) mass is 458 g/mol. The molecule has 0 radical (unpaired) electrons. The zero-order valence-corrected chi connectivity index (χ0v) is 18.2. The molecule has 1 aliphatic heterocycles. The van der Waals surface area contributed by atoms with Gasteiger partial charge >= 0.3 is 5.97 Å². The number of methoxy groups -OCH3 is 1. The number of carbonyl (C=O) groups excluding carboxylic acids is 2. The molecule has 1 saturated heterocycles. The first-order valence-corrected chi connectivity index (χ1v) is 10.2. The second-order valence-electron chi connectivity index (χ2n) is 6.32. The first-order chi connectivity index (χ1) is 14.8. The van der Waals surface area contributed by atoms with Gasteiger partial charge in [-0.15, -0.1) is 0 Å². The number of aliphatic carboxylic acids is 1. The van der Waals surface area contributed by atoms with Crippen molar-refractivity contribution in [2.24, 2.45) is 0 Å². The molecule has 160 valence electrons. The number of benzene rings is 2. The molecular formula is C21H18N2O6S2. The van der Waals surface area contributed by atoms with Crippen LogP contribution in [0, 0.1) is 0 Å². The SMILES string of the molecule is COc1ccc(C(=O)NN2C(=O)/C(=C\c3ccccc3OC(C)C(=O)O)SC2=S)cc1. The van der Waals surface area contributed by atoms with E-state index in [2.05, 4.69) is 5.43 Å². The number of hydrogen-bond donors (Lipinski definition) is 2. The molecule has 31 heavy (non-hydrogen) atoms. The number of carboxylic acid groups (broad SMARTS) is 1. The maximum absolute atomic E-state index is 12.8. The molecule has 1 unspecified atom stereocenters. The van der Waals surface area contributed by atoms with E-state index in [0.29, 0.717) is 22.6 Å². The van der Waals surface area contributed by atoms with Crippen LogP contribution in [0.25, 0.3) is 6.08 Å². The van der Waals surface area contributed by atoms with E-state index in [-0.39, 0.29) is 9.23 Å². The number of thiocarbonyl (C=S) groups is 1. The number of rotatable bonds is 7. The molecule has 2 amide bonds. The average Bonchev–Trinajstić information content (AvgIpc) is 3.02. The van der Waals surface area contributed by atoms with Crippen LogP contribution in [0.15, 0.2) is 53.4 Å². The lowest BCUT2D eigenvalue weighted by molar-refractivity contribution is -0.144. The molecule has 2 aromatic carbocycles. The number of ether oxygens (including phenoxy) is 2. The molecule has 0 bridgehead atoms. The lowest BCUT2D eigenvalue weighted by atomic mass is 10.2. The predicted octanol–water partition coefficient (Wildman–Crippen LogP) is 3.09. The maximum Gasteiger partial charge on any atom is 0.344 e. The van der Waals surface area contributed by atoms with Crippen LogP contribution in [-0.2, 0) is 9.59 Å². The van der Waals surface area contributed by atoms with Crippen LogP contribution in [0.4, 0.5) is 0 Å². The van der Waals surface area contributed by atoms with E-state index in [1.165, 1.54) is 14.0 Å². The van der Waals surface area contributed by atoms with Crippen molar-refractivity contribution in [1.82, 2.24) is 10.4 Å². The van der Waals surface area contributed by atoms with Crippen LogP contribution in [0.2, 0.25) is 0 Å². The third-order valence-electron chi connectivity index (χ3n) is 4.22. The summed E-state index contributed by atoms with van der Waals surface area (Å²) in [6, 6.07) is 13.1. The average molecular weight is 459 g/mol. The van der Waals surface area contributed by atoms with Crippen molar-refractivity contribution < 1.29 is 29.0 Å². The van der Waals surface area contributed by atoms with Crippen LogP contribution in [-0.4, -0.2) is 45.4 Å². The largest absolute Gasteiger partial charge is 0.497 e. The van der Waals surface area contributed by atoms with Gasteiger partial charge in [0.2, 0.25) is 0 Å². The first-order valence-electron chi connectivity index (χ1n) is 9.01. The summed E-state index contributed by atoms with van der Waals surface area (Å²) in [5.74, 6) is -1.20. The van der Waals surface area contributed by atoms with E-state index in [4.69, 9.17) is 26.8 Å². The summed E-state index contributed by atoms with van der Waals surface area (Å²) in [5.41, 5.74) is 3.35. The summed E-state index contributed by atoms with van der Waals surface area (Å²) in [6.45, 7) is 1.41. The number of hydrazine groups is 1. The number of nitrogens with zero attached hydrogens (tertiary/aromatic N) is 1. The van der Waals surface area contributed by atoms with Crippen molar-refractivity contribution in [3.05, 3.63) is 64.6 Å². The summed E-state index contributed by atoms with van der Waals surface area (Å²) in [7, 11) is 1.52. The van der Waals surface area contributed by atoms with Crippen molar-refractivity contribution >= 4 is 52.2 Å². The summed E-state index contributed by atoms with van der Waals surface area (Å²) >= 11 is 6.26.